The second-order valence-electron chi connectivity index (χ2n) is 3.17. The van der Waals surface area contributed by atoms with Gasteiger partial charge in [-0.25, -0.2) is 0 Å². The molecule has 1 aromatic rings. The lowest BCUT2D eigenvalue weighted by molar-refractivity contribution is -0.137. The molecule has 19 heavy (non-hydrogen) atoms. The van der Waals surface area contributed by atoms with Crippen LogP contribution in [0, 0.1) is 34.0 Å². The SMILES string of the molecule is N#CC(C#N)=NNc1ccc(C#N)c(C(F)(F)F)c1. The minimum Gasteiger partial charge on any atom is -0.276 e. The van der Waals surface area contributed by atoms with Crippen LogP contribution in [0.3, 0.4) is 0 Å². The molecule has 0 aliphatic heterocycles. The molecule has 0 unspecified atom stereocenters. The zero-order valence-corrected chi connectivity index (χ0v) is 9.15. The maximum Gasteiger partial charge on any atom is 0.417 e. The Balaban J connectivity index is 3.16. The minimum atomic E-state index is -4.68. The lowest BCUT2D eigenvalue weighted by Gasteiger charge is -2.10. The molecule has 0 fully saturated rings. The van der Waals surface area contributed by atoms with Crippen molar-refractivity contribution in [2.75, 3.05) is 5.43 Å². The van der Waals surface area contributed by atoms with Crippen molar-refractivity contribution in [3.8, 4) is 18.2 Å². The Bertz CT molecular complexity index is 624. The molecule has 1 aromatic carbocycles. The predicted octanol–water partition coefficient (Wildman–Crippen LogP) is 2.39. The second kappa shape index (κ2) is 5.52. The van der Waals surface area contributed by atoms with Gasteiger partial charge in [-0.2, -0.15) is 34.1 Å². The molecule has 0 aromatic heterocycles. The first kappa shape index (κ1) is 14.0. The van der Waals surface area contributed by atoms with Gasteiger partial charge in [-0.05, 0) is 18.2 Å². The van der Waals surface area contributed by atoms with Crippen LogP contribution >= 0.6 is 0 Å². The van der Waals surface area contributed by atoms with E-state index in [1.54, 1.807) is 0 Å². The third-order valence-electron chi connectivity index (χ3n) is 1.95. The zero-order valence-electron chi connectivity index (χ0n) is 9.15. The standard InChI is InChI=1S/C11H4F3N5/c12-11(13,14)10-3-8(2-1-7(10)4-15)18-19-9(5-16)6-17/h1-3,18H. The summed E-state index contributed by atoms with van der Waals surface area (Å²) in [4.78, 5) is 0. The summed E-state index contributed by atoms with van der Waals surface area (Å²) in [6, 6.07) is 7.14. The summed E-state index contributed by atoms with van der Waals surface area (Å²) in [6.45, 7) is 0. The molecule has 0 saturated heterocycles. The second-order valence-corrected chi connectivity index (χ2v) is 3.17. The van der Waals surface area contributed by atoms with Gasteiger partial charge < -0.3 is 0 Å². The lowest BCUT2D eigenvalue weighted by Crippen LogP contribution is -2.08. The van der Waals surface area contributed by atoms with E-state index in [9.17, 15) is 13.2 Å². The highest BCUT2D eigenvalue weighted by atomic mass is 19.4. The Morgan fingerprint density at radius 2 is 1.79 bits per heavy atom. The summed E-state index contributed by atoms with van der Waals surface area (Å²) in [7, 11) is 0. The van der Waals surface area contributed by atoms with Crippen molar-refractivity contribution in [2.45, 2.75) is 6.18 Å². The van der Waals surface area contributed by atoms with Crippen LogP contribution in [-0.4, -0.2) is 5.71 Å². The summed E-state index contributed by atoms with van der Waals surface area (Å²) in [5.74, 6) is 0. The molecule has 0 atom stereocenters. The first-order chi connectivity index (χ1) is 8.92. The third-order valence-corrected chi connectivity index (χ3v) is 1.95. The van der Waals surface area contributed by atoms with Gasteiger partial charge in [0.25, 0.3) is 0 Å². The Kier molecular flexibility index (Phi) is 4.07. The van der Waals surface area contributed by atoms with Crippen LogP contribution in [0.15, 0.2) is 23.3 Å². The molecule has 94 valence electrons. The van der Waals surface area contributed by atoms with Crippen molar-refractivity contribution in [1.29, 1.82) is 15.8 Å². The van der Waals surface area contributed by atoms with Crippen molar-refractivity contribution in [3.63, 3.8) is 0 Å². The number of nitrogens with one attached hydrogen (secondary N) is 1. The molecular formula is C11H4F3N5. The normalized spacial score (nSPS) is 9.68. The topological polar surface area (TPSA) is 95.8 Å². The van der Waals surface area contributed by atoms with E-state index in [0.717, 1.165) is 6.07 Å². The Morgan fingerprint density at radius 3 is 2.26 bits per heavy atom. The Morgan fingerprint density at radius 1 is 1.16 bits per heavy atom. The van der Waals surface area contributed by atoms with Crippen molar-refractivity contribution in [3.05, 3.63) is 29.3 Å². The number of benzene rings is 1. The van der Waals surface area contributed by atoms with Gasteiger partial charge >= 0.3 is 6.18 Å². The Labute approximate surface area is 105 Å². The van der Waals surface area contributed by atoms with Gasteiger partial charge in [0.2, 0.25) is 5.71 Å². The van der Waals surface area contributed by atoms with E-state index in [2.05, 4.69) is 10.5 Å². The average molecular weight is 263 g/mol. The van der Waals surface area contributed by atoms with E-state index in [1.165, 1.54) is 24.3 Å². The van der Waals surface area contributed by atoms with Crippen LogP contribution in [0.1, 0.15) is 11.1 Å². The number of rotatable bonds is 2. The molecule has 1 N–H and O–H groups in total. The molecule has 1 rings (SSSR count). The van der Waals surface area contributed by atoms with Crippen LogP contribution in [0.4, 0.5) is 18.9 Å². The van der Waals surface area contributed by atoms with Gasteiger partial charge in [0.1, 0.15) is 12.1 Å². The summed E-state index contributed by atoms with van der Waals surface area (Å²) in [5.41, 5.74) is -0.119. The van der Waals surface area contributed by atoms with Gasteiger partial charge in [0, 0.05) is 0 Å². The highest BCUT2D eigenvalue weighted by molar-refractivity contribution is 6.10. The predicted molar refractivity (Wildman–Crippen MR) is 58.4 cm³/mol. The molecular weight excluding hydrogens is 259 g/mol. The van der Waals surface area contributed by atoms with Crippen LogP contribution in [0.5, 0.6) is 0 Å². The molecule has 0 saturated carbocycles. The fraction of sp³-hybridized carbons (Fsp3) is 0.0909. The third kappa shape index (κ3) is 3.45. The van der Waals surface area contributed by atoms with Crippen LogP contribution in [-0.2, 0) is 6.18 Å². The van der Waals surface area contributed by atoms with Crippen LogP contribution in [0.2, 0.25) is 0 Å². The van der Waals surface area contributed by atoms with Gasteiger partial charge in [0.05, 0.1) is 22.9 Å². The molecule has 0 spiro atoms. The molecule has 5 nitrogen and oxygen atoms in total. The van der Waals surface area contributed by atoms with Crippen molar-refractivity contribution < 1.29 is 13.2 Å². The lowest BCUT2D eigenvalue weighted by atomic mass is 10.1. The monoisotopic (exact) mass is 263 g/mol. The highest BCUT2D eigenvalue weighted by Crippen LogP contribution is 2.33. The fourth-order valence-corrected chi connectivity index (χ4v) is 1.14. The van der Waals surface area contributed by atoms with E-state index in [-0.39, 0.29) is 5.69 Å². The van der Waals surface area contributed by atoms with Crippen molar-refractivity contribution in [2.24, 2.45) is 5.10 Å². The molecule has 8 heteroatoms. The van der Waals surface area contributed by atoms with Crippen LogP contribution < -0.4 is 5.43 Å². The number of hydrogen-bond donors (Lipinski definition) is 1. The molecule has 0 bridgehead atoms. The molecule has 0 aliphatic rings. The highest BCUT2D eigenvalue weighted by Gasteiger charge is 2.33. The maximum atomic E-state index is 12.6. The summed E-state index contributed by atoms with van der Waals surface area (Å²) in [5, 5.41) is 28.7. The number of anilines is 1. The van der Waals surface area contributed by atoms with Gasteiger partial charge in [0.15, 0.2) is 0 Å². The number of nitriles is 3. The average Bonchev–Trinajstić information content (AvgIpc) is 2.38. The minimum absolute atomic E-state index is 0.0886. The zero-order chi connectivity index (χ0) is 14.5. The number of halogens is 3. The maximum absolute atomic E-state index is 12.6. The summed E-state index contributed by atoms with van der Waals surface area (Å²) in [6.07, 6.45) is -4.68. The number of hydrazone groups is 1. The van der Waals surface area contributed by atoms with E-state index < -0.39 is 23.0 Å². The van der Waals surface area contributed by atoms with Crippen LogP contribution in [0.25, 0.3) is 0 Å². The summed E-state index contributed by atoms with van der Waals surface area (Å²) < 4.78 is 37.9. The number of nitrogens with zero attached hydrogens (tertiary/aromatic N) is 4. The van der Waals surface area contributed by atoms with E-state index in [4.69, 9.17) is 15.8 Å². The largest absolute Gasteiger partial charge is 0.417 e. The van der Waals surface area contributed by atoms with E-state index >= 15 is 0 Å². The molecule has 0 radical (unpaired) electrons. The number of hydrogen-bond acceptors (Lipinski definition) is 5. The number of alkyl halides is 3. The first-order valence-electron chi connectivity index (χ1n) is 4.67. The van der Waals surface area contributed by atoms with Gasteiger partial charge in [-0.3, -0.25) is 5.43 Å². The van der Waals surface area contributed by atoms with E-state index in [1.807, 2.05) is 0 Å². The van der Waals surface area contributed by atoms with E-state index in [0.29, 0.717) is 6.07 Å². The fourth-order valence-electron chi connectivity index (χ4n) is 1.14. The van der Waals surface area contributed by atoms with Gasteiger partial charge in [-0.1, -0.05) is 0 Å². The van der Waals surface area contributed by atoms with Crippen molar-refractivity contribution in [1.82, 2.24) is 0 Å². The molecule has 0 heterocycles. The summed E-state index contributed by atoms with van der Waals surface area (Å²) >= 11 is 0. The molecule has 0 aliphatic carbocycles. The molecule has 0 amide bonds. The van der Waals surface area contributed by atoms with Gasteiger partial charge in [-0.15, -0.1) is 0 Å². The quantitative estimate of drug-likeness (QED) is 0.654. The first-order valence-corrected chi connectivity index (χ1v) is 4.67. The van der Waals surface area contributed by atoms with Crippen molar-refractivity contribution >= 4 is 11.4 Å². The Hall–Kier alpha value is -3.05. The smallest absolute Gasteiger partial charge is 0.276 e.